The number of nitrogens with zero attached hydrogens (tertiary/aromatic N) is 3. The van der Waals surface area contributed by atoms with Gasteiger partial charge in [-0.1, -0.05) is 12.1 Å². The van der Waals surface area contributed by atoms with Crippen LogP contribution in [0.2, 0.25) is 0 Å². The molecular formula is C13H8F3N3. The number of rotatable bonds is 1. The zero-order valence-corrected chi connectivity index (χ0v) is 9.59. The van der Waals surface area contributed by atoms with Gasteiger partial charge >= 0.3 is 6.18 Å². The summed E-state index contributed by atoms with van der Waals surface area (Å²) in [6.07, 6.45) is 0.614. The van der Waals surface area contributed by atoms with Gasteiger partial charge in [-0.25, -0.2) is 9.50 Å². The van der Waals surface area contributed by atoms with E-state index in [1.807, 2.05) is 0 Å². The van der Waals surface area contributed by atoms with Crippen LogP contribution in [0.3, 0.4) is 0 Å². The lowest BCUT2D eigenvalue weighted by Gasteiger charge is -2.06. The normalized spacial score (nSPS) is 11.9. The Balaban J connectivity index is 2.07. The molecule has 6 heteroatoms. The van der Waals surface area contributed by atoms with E-state index in [1.165, 1.54) is 12.1 Å². The highest BCUT2D eigenvalue weighted by atomic mass is 19.4. The molecule has 0 aliphatic heterocycles. The second kappa shape index (κ2) is 4.08. The molecule has 1 aromatic carbocycles. The van der Waals surface area contributed by atoms with Crippen molar-refractivity contribution in [3.63, 3.8) is 0 Å². The van der Waals surface area contributed by atoms with E-state index in [9.17, 15) is 13.2 Å². The Morgan fingerprint density at radius 3 is 2.47 bits per heavy atom. The van der Waals surface area contributed by atoms with Crippen molar-refractivity contribution < 1.29 is 13.2 Å². The fourth-order valence-corrected chi connectivity index (χ4v) is 1.87. The SMILES string of the molecule is FC(F)(F)c1ccc(-c2cnn3cccnc23)cc1. The Morgan fingerprint density at radius 2 is 1.79 bits per heavy atom. The highest BCUT2D eigenvalue weighted by molar-refractivity contribution is 5.76. The predicted octanol–water partition coefficient (Wildman–Crippen LogP) is 3.42. The van der Waals surface area contributed by atoms with Crippen LogP contribution in [-0.4, -0.2) is 14.6 Å². The van der Waals surface area contributed by atoms with E-state index >= 15 is 0 Å². The highest BCUT2D eigenvalue weighted by Gasteiger charge is 2.30. The van der Waals surface area contributed by atoms with Gasteiger partial charge in [0.1, 0.15) is 0 Å². The molecule has 2 aromatic heterocycles. The second-order valence-corrected chi connectivity index (χ2v) is 4.02. The van der Waals surface area contributed by atoms with Crippen molar-refractivity contribution in [1.29, 1.82) is 0 Å². The fraction of sp³-hybridized carbons (Fsp3) is 0.0769. The molecule has 0 bridgehead atoms. The smallest absolute Gasteiger partial charge is 0.236 e. The maximum atomic E-state index is 12.5. The van der Waals surface area contributed by atoms with Gasteiger partial charge in [-0.15, -0.1) is 0 Å². The van der Waals surface area contributed by atoms with Gasteiger partial charge in [-0.3, -0.25) is 0 Å². The van der Waals surface area contributed by atoms with Gasteiger partial charge in [0.15, 0.2) is 5.65 Å². The number of aromatic nitrogens is 3. The number of hydrogen-bond donors (Lipinski definition) is 0. The van der Waals surface area contributed by atoms with E-state index in [0.29, 0.717) is 16.8 Å². The van der Waals surface area contributed by atoms with E-state index in [0.717, 1.165) is 12.1 Å². The van der Waals surface area contributed by atoms with Gasteiger partial charge in [-0.05, 0) is 23.8 Å². The quantitative estimate of drug-likeness (QED) is 0.673. The molecule has 0 N–H and O–H groups in total. The van der Waals surface area contributed by atoms with Crippen LogP contribution < -0.4 is 0 Å². The summed E-state index contributed by atoms with van der Waals surface area (Å²) in [4.78, 5) is 4.17. The highest BCUT2D eigenvalue weighted by Crippen LogP contribution is 2.31. The van der Waals surface area contributed by atoms with Crippen LogP contribution in [0.4, 0.5) is 13.2 Å². The number of halogens is 3. The van der Waals surface area contributed by atoms with Crippen molar-refractivity contribution in [1.82, 2.24) is 14.6 Å². The van der Waals surface area contributed by atoms with Gasteiger partial charge in [0, 0.05) is 18.0 Å². The monoisotopic (exact) mass is 263 g/mol. The third-order valence-corrected chi connectivity index (χ3v) is 2.80. The first-order valence-corrected chi connectivity index (χ1v) is 5.52. The molecular weight excluding hydrogens is 255 g/mol. The van der Waals surface area contributed by atoms with Crippen molar-refractivity contribution in [2.75, 3.05) is 0 Å². The Hall–Kier alpha value is -2.37. The molecule has 19 heavy (non-hydrogen) atoms. The minimum atomic E-state index is -4.32. The van der Waals surface area contributed by atoms with Gasteiger partial charge in [-0.2, -0.15) is 18.3 Å². The molecule has 0 atom stereocenters. The summed E-state index contributed by atoms with van der Waals surface area (Å²) >= 11 is 0. The van der Waals surface area contributed by atoms with Crippen molar-refractivity contribution in [2.24, 2.45) is 0 Å². The summed E-state index contributed by atoms with van der Waals surface area (Å²) in [5.41, 5.74) is 1.30. The maximum Gasteiger partial charge on any atom is 0.416 e. The van der Waals surface area contributed by atoms with Gasteiger partial charge in [0.25, 0.3) is 0 Å². The van der Waals surface area contributed by atoms with Crippen LogP contribution in [0.5, 0.6) is 0 Å². The molecule has 3 nitrogen and oxygen atoms in total. The molecule has 0 saturated carbocycles. The fourth-order valence-electron chi connectivity index (χ4n) is 1.87. The van der Waals surface area contributed by atoms with Crippen molar-refractivity contribution in [2.45, 2.75) is 6.18 Å². The Kier molecular flexibility index (Phi) is 2.51. The van der Waals surface area contributed by atoms with E-state index in [2.05, 4.69) is 10.1 Å². The van der Waals surface area contributed by atoms with Gasteiger partial charge in [0.05, 0.1) is 11.8 Å². The van der Waals surface area contributed by atoms with E-state index in [4.69, 9.17) is 0 Å². The zero-order chi connectivity index (χ0) is 13.5. The number of hydrogen-bond acceptors (Lipinski definition) is 2. The summed E-state index contributed by atoms with van der Waals surface area (Å²) in [6, 6.07) is 6.70. The van der Waals surface area contributed by atoms with Crippen LogP contribution in [0.25, 0.3) is 16.8 Å². The number of fused-ring (bicyclic) bond motifs is 1. The molecule has 96 valence electrons. The molecule has 0 radical (unpaired) electrons. The molecule has 0 fully saturated rings. The Labute approximate surface area is 106 Å². The second-order valence-electron chi connectivity index (χ2n) is 4.02. The van der Waals surface area contributed by atoms with Crippen LogP contribution in [0, 0.1) is 0 Å². The lowest BCUT2D eigenvalue weighted by Crippen LogP contribution is -2.03. The average molecular weight is 263 g/mol. The third-order valence-electron chi connectivity index (χ3n) is 2.80. The average Bonchev–Trinajstić information content (AvgIpc) is 2.82. The minimum Gasteiger partial charge on any atom is -0.236 e. The predicted molar refractivity (Wildman–Crippen MR) is 63.4 cm³/mol. The summed E-state index contributed by atoms with van der Waals surface area (Å²) in [6.45, 7) is 0. The first-order chi connectivity index (χ1) is 9.05. The van der Waals surface area contributed by atoms with Crippen LogP contribution in [-0.2, 0) is 6.18 Å². The Morgan fingerprint density at radius 1 is 1.05 bits per heavy atom. The third kappa shape index (κ3) is 2.05. The molecule has 3 rings (SSSR count). The summed E-state index contributed by atoms with van der Waals surface area (Å²) in [7, 11) is 0. The van der Waals surface area contributed by atoms with E-state index < -0.39 is 11.7 Å². The van der Waals surface area contributed by atoms with Gasteiger partial charge < -0.3 is 0 Å². The molecule has 0 amide bonds. The maximum absolute atomic E-state index is 12.5. The van der Waals surface area contributed by atoms with E-state index in [1.54, 1.807) is 29.2 Å². The Bertz CT molecular complexity index is 714. The molecule has 3 aromatic rings. The lowest BCUT2D eigenvalue weighted by molar-refractivity contribution is -0.137. The van der Waals surface area contributed by atoms with Crippen LogP contribution in [0.15, 0.2) is 48.9 Å². The number of benzene rings is 1. The molecule has 0 saturated heterocycles. The van der Waals surface area contributed by atoms with Gasteiger partial charge in [0.2, 0.25) is 0 Å². The van der Waals surface area contributed by atoms with Crippen molar-refractivity contribution in [3.05, 3.63) is 54.5 Å². The molecule has 2 heterocycles. The standard InChI is InChI=1S/C13H8F3N3/c14-13(15,16)10-4-2-9(3-5-10)11-8-18-19-7-1-6-17-12(11)19/h1-8H. The largest absolute Gasteiger partial charge is 0.416 e. The molecule has 0 unspecified atom stereocenters. The first kappa shape index (κ1) is 11.7. The molecule has 0 spiro atoms. The first-order valence-electron chi connectivity index (χ1n) is 5.52. The van der Waals surface area contributed by atoms with Crippen LogP contribution >= 0.6 is 0 Å². The molecule has 0 aliphatic rings. The van der Waals surface area contributed by atoms with E-state index in [-0.39, 0.29) is 0 Å². The topological polar surface area (TPSA) is 30.2 Å². The lowest BCUT2D eigenvalue weighted by atomic mass is 10.1. The molecule has 0 aliphatic carbocycles. The number of alkyl halides is 3. The zero-order valence-electron chi connectivity index (χ0n) is 9.59. The summed E-state index contributed by atoms with van der Waals surface area (Å²) in [5.74, 6) is 0. The summed E-state index contributed by atoms with van der Waals surface area (Å²) in [5, 5.41) is 4.10. The van der Waals surface area contributed by atoms with Crippen molar-refractivity contribution >= 4 is 5.65 Å². The minimum absolute atomic E-state index is 0.613. The van der Waals surface area contributed by atoms with Crippen molar-refractivity contribution in [3.8, 4) is 11.1 Å². The summed E-state index contributed by atoms with van der Waals surface area (Å²) < 4.78 is 39.0. The van der Waals surface area contributed by atoms with Crippen LogP contribution in [0.1, 0.15) is 5.56 Å².